The Morgan fingerprint density at radius 2 is 1.82 bits per heavy atom. The van der Waals surface area contributed by atoms with Crippen LogP contribution in [0.2, 0.25) is 5.02 Å². The Morgan fingerprint density at radius 3 is 2.43 bits per heavy atom. The third-order valence-electron chi connectivity index (χ3n) is 3.75. The average Bonchev–Trinajstić information content (AvgIpc) is 2.70. The van der Waals surface area contributed by atoms with Crippen molar-refractivity contribution in [1.82, 2.24) is 9.97 Å². The van der Waals surface area contributed by atoms with Crippen LogP contribution in [0.15, 0.2) is 59.6 Å². The first-order chi connectivity index (χ1) is 13.4. The molecule has 7 nitrogen and oxygen atoms in total. The van der Waals surface area contributed by atoms with Gasteiger partial charge < -0.3 is 10.1 Å². The standard InChI is InChI=1S/C19H15ClN4O3S/c1-2-28(25,26)17-9-5-15(6-10-17)23-19-22-12-13(11-21)18(24-19)27-16-7-3-14(20)4-8-16/h3-10,12H,2H2,1H3,(H,22,23,24). The molecule has 0 amide bonds. The molecule has 0 bridgehead atoms. The highest BCUT2D eigenvalue weighted by Gasteiger charge is 2.12. The van der Waals surface area contributed by atoms with Crippen molar-refractivity contribution in [3.8, 4) is 17.7 Å². The number of nitrogens with zero attached hydrogens (tertiary/aromatic N) is 3. The van der Waals surface area contributed by atoms with E-state index in [2.05, 4.69) is 15.3 Å². The molecule has 3 rings (SSSR count). The number of benzene rings is 2. The summed E-state index contributed by atoms with van der Waals surface area (Å²) in [5.41, 5.74) is 0.766. The molecule has 0 atom stereocenters. The first-order valence-corrected chi connectivity index (χ1v) is 10.2. The molecule has 1 aromatic heterocycles. The van der Waals surface area contributed by atoms with Gasteiger partial charge in [-0.15, -0.1) is 0 Å². The second-order valence-corrected chi connectivity index (χ2v) is 8.35. The summed E-state index contributed by atoms with van der Waals surface area (Å²) in [6, 6.07) is 14.9. The van der Waals surface area contributed by atoms with Gasteiger partial charge in [0.1, 0.15) is 17.4 Å². The van der Waals surface area contributed by atoms with Gasteiger partial charge in [-0.25, -0.2) is 13.4 Å². The molecule has 0 spiro atoms. The molecule has 0 saturated carbocycles. The summed E-state index contributed by atoms with van der Waals surface area (Å²) >= 11 is 5.86. The highest BCUT2D eigenvalue weighted by molar-refractivity contribution is 7.91. The van der Waals surface area contributed by atoms with Gasteiger partial charge in [0.15, 0.2) is 9.84 Å². The van der Waals surface area contributed by atoms with Crippen molar-refractivity contribution in [1.29, 1.82) is 5.26 Å². The van der Waals surface area contributed by atoms with Gasteiger partial charge in [0, 0.05) is 10.7 Å². The van der Waals surface area contributed by atoms with E-state index in [1.165, 1.54) is 18.3 Å². The van der Waals surface area contributed by atoms with Gasteiger partial charge in [-0.3, -0.25) is 0 Å². The van der Waals surface area contributed by atoms with Crippen LogP contribution in [0.5, 0.6) is 11.6 Å². The fraction of sp³-hybridized carbons (Fsp3) is 0.105. The van der Waals surface area contributed by atoms with E-state index in [0.29, 0.717) is 16.5 Å². The van der Waals surface area contributed by atoms with E-state index in [4.69, 9.17) is 16.3 Å². The zero-order chi connectivity index (χ0) is 20.1. The number of ether oxygens (including phenoxy) is 1. The van der Waals surface area contributed by atoms with Gasteiger partial charge in [0.05, 0.1) is 16.8 Å². The van der Waals surface area contributed by atoms with Crippen molar-refractivity contribution in [2.24, 2.45) is 0 Å². The number of nitrogens with one attached hydrogen (secondary N) is 1. The van der Waals surface area contributed by atoms with Gasteiger partial charge >= 0.3 is 0 Å². The van der Waals surface area contributed by atoms with Crippen molar-refractivity contribution < 1.29 is 13.2 Å². The summed E-state index contributed by atoms with van der Waals surface area (Å²) in [6.45, 7) is 1.59. The second-order valence-electron chi connectivity index (χ2n) is 5.63. The SMILES string of the molecule is CCS(=O)(=O)c1ccc(Nc2ncc(C#N)c(Oc3ccc(Cl)cc3)n2)cc1. The molecule has 28 heavy (non-hydrogen) atoms. The maximum atomic E-state index is 11.9. The van der Waals surface area contributed by atoms with Crippen LogP contribution in [0.1, 0.15) is 12.5 Å². The first kappa shape index (κ1) is 19.6. The van der Waals surface area contributed by atoms with Crippen LogP contribution in [-0.4, -0.2) is 24.1 Å². The molecule has 142 valence electrons. The lowest BCUT2D eigenvalue weighted by Gasteiger charge is -2.10. The van der Waals surface area contributed by atoms with Crippen LogP contribution in [0.25, 0.3) is 0 Å². The maximum absolute atomic E-state index is 11.9. The predicted octanol–water partition coefficient (Wildman–Crippen LogP) is 4.33. The first-order valence-electron chi connectivity index (χ1n) is 8.21. The van der Waals surface area contributed by atoms with Crippen molar-refractivity contribution in [2.75, 3.05) is 11.1 Å². The van der Waals surface area contributed by atoms with Crippen LogP contribution in [0, 0.1) is 11.3 Å². The molecular weight excluding hydrogens is 400 g/mol. The topological polar surface area (TPSA) is 105 Å². The number of halogens is 1. The molecule has 1 N–H and O–H groups in total. The van der Waals surface area contributed by atoms with Crippen LogP contribution in [-0.2, 0) is 9.84 Å². The van der Waals surface area contributed by atoms with E-state index in [-0.39, 0.29) is 28.0 Å². The molecule has 0 aliphatic heterocycles. The van der Waals surface area contributed by atoms with Gasteiger partial charge in [0.2, 0.25) is 11.8 Å². The van der Waals surface area contributed by atoms with Crippen LogP contribution in [0.4, 0.5) is 11.6 Å². The largest absolute Gasteiger partial charge is 0.438 e. The number of sulfone groups is 1. The molecule has 0 radical (unpaired) electrons. The normalized spacial score (nSPS) is 10.9. The zero-order valence-electron chi connectivity index (χ0n) is 14.8. The highest BCUT2D eigenvalue weighted by Crippen LogP contribution is 2.26. The summed E-state index contributed by atoms with van der Waals surface area (Å²) in [5.74, 6) is 0.797. The molecule has 0 saturated heterocycles. The summed E-state index contributed by atoms with van der Waals surface area (Å²) in [7, 11) is -3.27. The summed E-state index contributed by atoms with van der Waals surface area (Å²) < 4.78 is 29.4. The minimum Gasteiger partial charge on any atom is -0.438 e. The fourth-order valence-electron chi connectivity index (χ4n) is 2.24. The molecule has 3 aromatic rings. The maximum Gasteiger partial charge on any atom is 0.242 e. The monoisotopic (exact) mass is 414 g/mol. The Bertz CT molecular complexity index is 1130. The third-order valence-corrected chi connectivity index (χ3v) is 5.75. The Labute approximate surface area is 167 Å². The fourth-order valence-corrected chi connectivity index (χ4v) is 3.25. The lowest BCUT2D eigenvalue weighted by molar-refractivity contribution is 0.461. The van der Waals surface area contributed by atoms with E-state index in [1.807, 2.05) is 6.07 Å². The lowest BCUT2D eigenvalue weighted by atomic mass is 10.3. The van der Waals surface area contributed by atoms with Crippen molar-refractivity contribution >= 4 is 33.1 Å². The Balaban J connectivity index is 1.83. The summed E-state index contributed by atoms with van der Waals surface area (Å²) in [6.07, 6.45) is 1.34. The van der Waals surface area contributed by atoms with Crippen molar-refractivity contribution in [2.45, 2.75) is 11.8 Å². The molecule has 0 fully saturated rings. The van der Waals surface area contributed by atoms with Gasteiger partial charge in [-0.1, -0.05) is 18.5 Å². The lowest BCUT2D eigenvalue weighted by Crippen LogP contribution is -2.04. The zero-order valence-corrected chi connectivity index (χ0v) is 16.3. The summed E-state index contributed by atoms with van der Waals surface area (Å²) in [4.78, 5) is 8.55. The molecule has 9 heteroatoms. The van der Waals surface area contributed by atoms with E-state index >= 15 is 0 Å². The molecule has 0 unspecified atom stereocenters. The van der Waals surface area contributed by atoms with E-state index < -0.39 is 9.84 Å². The van der Waals surface area contributed by atoms with Crippen LogP contribution in [0.3, 0.4) is 0 Å². The average molecular weight is 415 g/mol. The Hall–Kier alpha value is -3.15. The van der Waals surface area contributed by atoms with Crippen molar-refractivity contribution in [3.05, 3.63) is 65.3 Å². The molecule has 1 heterocycles. The second kappa shape index (κ2) is 8.25. The van der Waals surface area contributed by atoms with Crippen molar-refractivity contribution in [3.63, 3.8) is 0 Å². The van der Waals surface area contributed by atoms with E-state index in [0.717, 1.165) is 0 Å². The smallest absolute Gasteiger partial charge is 0.242 e. The quantitative estimate of drug-likeness (QED) is 0.639. The molecule has 0 aliphatic rings. The molecular formula is C19H15ClN4O3S. The minimum absolute atomic E-state index is 0.0317. The van der Waals surface area contributed by atoms with Gasteiger partial charge in [0.25, 0.3) is 0 Å². The minimum atomic E-state index is -3.27. The van der Waals surface area contributed by atoms with E-state index in [9.17, 15) is 13.7 Å². The van der Waals surface area contributed by atoms with Crippen LogP contribution >= 0.6 is 11.6 Å². The summed E-state index contributed by atoms with van der Waals surface area (Å²) in [5, 5.41) is 12.8. The molecule has 0 aliphatic carbocycles. The molecule has 2 aromatic carbocycles. The predicted molar refractivity (Wildman–Crippen MR) is 106 cm³/mol. The Kier molecular flexibility index (Phi) is 5.78. The number of hydrogen-bond donors (Lipinski definition) is 1. The van der Waals surface area contributed by atoms with E-state index in [1.54, 1.807) is 43.3 Å². The third kappa shape index (κ3) is 4.57. The number of anilines is 2. The number of rotatable bonds is 6. The van der Waals surface area contributed by atoms with Gasteiger partial charge in [-0.2, -0.15) is 10.2 Å². The number of nitriles is 1. The number of aromatic nitrogens is 2. The number of hydrogen-bond acceptors (Lipinski definition) is 7. The highest BCUT2D eigenvalue weighted by atomic mass is 35.5. The van der Waals surface area contributed by atoms with Gasteiger partial charge in [-0.05, 0) is 48.5 Å². The van der Waals surface area contributed by atoms with Crippen LogP contribution < -0.4 is 10.1 Å². The Morgan fingerprint density at radius 1 is 1.14 bits per heavy atom.